The van der Waals surface area contributed by atoms with E-state index in [0.29, 0.717) is 38.2 Å². The van der Waals surface area contributed by atoms with E-state index in [2.05, 4.69) is 20.0 Å². The van der Waals surface area contributed by atoms with Crippen LogP contribution >= 0.6 is 0 Å². The first-order chi connectivity index (χ1) is 17.3. The van der Waals surface area contributed by atoms with Crippen LogP contribution in [0.3, 0.4) is 0 Å². The van der Waals surface area contributed by atoms with Gasteiger partial charge in [0.15, 0.2) is 12.2 Å². The maximum absolute atomic E-state index is 13.5. The highest BCUT2D eigenvalue weighted by Gasteiger charge is 2.35. The van der Waals surface area contributed by atoms with E-state index in [1.54, 1.807) is 24.5 Å². The molecule has 192 valence electrons. The number of nitrogens with one attached hydrogen (secondary N) is 3. The fourth-order valence-electron chi connectivity index (χ4n) is 4.29. The van der Waals surface area contributed by atoms with Crippen molar-refractivity contribution in [2.75, 3.05) is 18.4 Å². The van der Waals surface area contributed by atoms with Gasteiger partial charge in [-0.15, -0.1) is 0 Å². The van der Waals surface area contributed by atoms with Gasteiger partial charge >= 0.3 is 6.16 Å². The molecule has 0 saturated carbocycles. The van der Waals surface area contributed by atoms with E-state index in [0.717, 1.165) is 10.8 Å². The molecule has 2 atom stereocenters. The predicted octanol–water partition coefficient (Wildman–Crippen LogP) is 3.14. The molecule has 0 bridgehead atoms. The predicted molar refractivity (Wildman–Crippen MR) is 133 cm³/mol. The van der Waals surface area contributed by atoms with Gasteiger partial charge in [0.1, 0.15) is 6.04 Å². The number of nitrogens with zero attached hydrogens (tertiary/aromatic N) is 2. The van der Waals surface area contributed by atoms with Gasteiger partial charge in [0.25, 0.3) is 0 Å². The molecule has 0 aliphatic carbocycles. The average molecular weight is 516 g/mol. The highest BCUT2D eigenvalue weighted by Crippen LogP contribution is 2.23. The number of ether oxygens (including phenoxy) is 1. The van der Waals surface area contributed by atoms with Crippen LogP contribution < -0.4 is 10.0 Å². The molecule has 1 amide bonds. The Kier molecular flexibility index (Phi) is 8.06. The van der Waals surface area contributed by atoms with Crippen LogP contribution in [0.25, 0.3) is 10.8 Å². The number of aromatic amines is 1. The van der Waals surface area contributed by atoms with Crippen LogP contribution in [0.15, 0.2) is 59.8 Å². The van der Waals surface area contributed by atoms with Gasteiger partial charge in [-0.05, 0) is 48.6 Å². The van der Waals surface area contributed by atoms with Crippen molar-refractivity contribution in [3.63, 3.8) is 0 Å². The van der Waals surface area contributed by atoms with Gasteiger partial charge in [0.05, 0.1) is 4.90 Å². The van der Waals surface area contributed by atoms with Gasteiger partial charge in [0, 0.05) is 31.9 Å². The van der Waals surface area contributed by atoms with Crippen LogP contribution in [0.2, 0.25) is 0 Å². The lowest BCUT2D eigenvalue weighted by molar-refractivity contribution is -0.147. The fourth-order valence-corrected chi connectivity index (χ4v) is 5.55. The number of carboxylic acid groups (broad SMARTS) is 1. The Bertz CT molecular complexity index is 1300. The van der Waals surface area contributed by atoms with E-state index >= 15 is 0 Å². The van der Waals surface area contributed by atoms with Crippen molar-refractivity contribution in [1.29, 1.82) is 0 Å². The van der Waals surface area contributed by atoms with E-state index in [9.17, 15) is 18.0 Å². The number of rotatable bonds is 10. The molecule has 1 fully saturated rings. The first-order valence-electron chi connectivity index (χ1n) is 11.8. The number of likely N-dealkylation sites (tertiary alicyclic amines) is 1. The number of fused-ring (bicyclic) bond motifs is 1. The summed E-state index contributed by atoms with van der Waals surface area (Å²) < 4.78 is 34.1. The van der Waals surface area contributed by atoms with Crippen LogP contribution in [0.1, 0.15) is 32.1 Å². The molecule has 36 heavy (non-hydrogen) atoms. The zero-order valence-electron chi connectivity index (χ0n) is 19.6. The molecule has 1 saturated heterocycles. The van der Waals surface area contributed by atoms with Crippen LogP contribution in [0, 0.1) is 0 Å². The lowest BCUT2D eigenvalue weighted by Gasteiger charge is -2.36. The molecule has 0 radical (unpaired) electrons. The van der Waals surface area contributed by atoms with E-state index < -0.39 is 34.4 Å². The van der Waals surface area contributed by atoms with Crippen LogP contribution in [-0.4, -0.2) is 65.8 Å². The Morgan fingerprint density at radius 3 is 2.75 bits per heavy atom. The van der Waals surface area contributed by atoms with Crippen LogP contribution in [-0.2, 0) is 19.6 Å². The minimum Gasteiger partial charge on any atom is -0.450 e. The second-order valence-corrected chi connectivity index (χ2v) is 10.3. The third-order valence-electron chi connectivity index (χ3n) is 6.05. The summed E-state index contributed by atoms with van der Waals surface area (Å²) in [6.07, 6.45) is 3.25. The summed E-state index contributed by atoms with van der Waals surface area (Å²) in [5, 5.41) is 13.8. The second kappa shape index (κ2) is 11.4. The van der Waals surface area contributed by atoms with E-state index in [-0.39, 0.29) is 17.9 Å². The van der Waals surface area contributed by atoms with Crippen LogP contribution in [0.4, 0.5) is 10.7 Å². The lowest BCUT2D eigenvalue weighted by atomic mass is 10.1. The Morgan fingerprint density at radius 2 is 2.00 bits per heavy atom. The SMILES string of the molecule is O=C(O)O[C@@H]1CCCCN1C(=O)[C@H](CCCNc1ncc[nH]1)NS(=O)(=O)c1ccc2ccccc2c1. The van der Waals surface area contributed by atoms with Crippen molar-refractivity contribution in [2.45, 2.75) is 49.3 Å². The zero-order chi connectivity index (χ0) is 25.5. The summed E-state index contributed by atoms with van der Waals surface area (Å²) in [6, 6.07) is 11.1. The summed E-state index contributed by atoms with van der Waals surface area (Å²) in [5.74, 6) is 0.0592. The highest BCUT2D eigenvalue weighted by molar-refractivity contribution is 7.89. The highest BCUT2D eigenvalue weighted by atomic mass is 32.2. The number of carbonyl (C=O) groups is 2. The van der Waals surface area contributed by atoms with Gasteiger partial charge in [-0.3, -0.25) is 4.79 Å². The van der Waals surface area contributed by atoms with Crippen molar-refractivity contribution in [3.8, 4) is 0 Å². The van der Waals surface area contributed by atoms with Crippen molar-refractivity contribution in [1.82, 2.24) is 19.6 Å². The maximum atomic E-state index is 13.5. The second-order valence-electron chi connectivity index (χ2n) is 8.56. The number of hydrogen-bond donors (Lipinski definition) is 4. The minimum atomic E-state index is -4.05. The normalized spacial score (nSPS) is 17.0. The number of carbonyl (C=O) groups excluding carboxylic acids is 1. The number of amides is 1. The Balaban J connectivity index is 1.53. The van der Waals surface area contributed by atoms with Gasteiger partial charge < -0.3 is 25.0 Å². The quantitative estimate of drug-likeness (QED) is 0.237. The molecule has 12 heteroatoms. The number of imidazole rings is 1. The number of H-pyrrole nitrogens is 1. The van der Waals surface area contributed by atoms with Gasteiger partial charge in [0.2, 0.25) is 15.9 Å². The van der Waals surface area contributed by atoms with Gasteiger partial charge in [-0.1, -0.05) is 30.3 Å². The lowest BCUT2D eigenvalue weighted by Crippen LogP contribution is -2.54. The van der Waals surface area contributed by atoms with Crippen molar-refractivity contribution >= 4 is 38.8 Å². The van der Waals surface area contributed by atoms with Crippen molar-refractivity contribution in [3.05, 3.63) is 54.9 Å². The molecule has 3 aromatic rings. The molecule has 4 rings (SSSR count). The van der Waals surface area contributed by atoms with Crippen molar-refractivity contribution in [2.24, 2.45) is 0 Å². The molecule has 0 unspecified atom stereocenters. The maximum Gasteiger partial charge on any atom is 0.507 e. The molecule has 1 aliphatic heterocycles. The Hall–Kier alpha value is -3.64. The standard InChI is InChI=1S/C24H29N5O6S/c30-22(29-15-4-3-9-21(29)35-24(31)32)20(8-5-12-25-23-26-13-14-27-23)28-36(33,34)19-11-10-17-6-1-2-7-18(17)16-19/h1-2,6-7,10-11,13-14,16,20-21,28H,3-5,8-9,12,15H2,(H,31,32)(H2,25,26,27)/t20-,21+/m0/s1. The third-order valence-corrected chi connectivity index (χ3v) is 7.52. The largest absolute Gasteiger partial charge is 0.507 e. The molecule has 1 aliphatic rings. The monoisotopic (exact) mass is 515 g/mol. The molecular formula is C24H29N5O6S. The third kappa shape index (κ3) is 6.32. The summed E-state index contributed by atoms with van der Waals surface area (Å²) in [4.78, 5) is 33.0. The molecule has 1 aromatic heterocycles. The van der Waals surface area contributed by atoms with Crippen molar-refractivity contribution < 1.29 is 27.9 Å². The van der Waals surface area contributed by atoms with E-state index in [1.807, 2.05) is 24.3 Å². The van der Waals surface area contributed by atoms with Gasteiger partial charge in [-0.25, -0.2) is 18.2 Å². The molecule has 0 spiro atoms. The number of sulfonamides is 1. The van der Waals surface area contributed by atoms with Crippen LogP contribution in [0.5, 0.6) is 0 Å². The minimum absolute atomic E-state index is 0.0460. The fraction of sp³-hybridized carbons (Fsp3) is 0.375. The summed E-state index contributed by atoms with van der Waals surface area (Å²) >= 11 is 0. The number of anilines is 1. The molecule has 4 N–H and O–H groups in total. The summed E-state index contributed by atoms with van der Waals surface area (Å²) in [5.41, 5.74) is 0. The molecule has 11 nitrogen and oxygen atoms in total. The summed E-state index contributed by atoms with van der Waals surface area (Å²) in [7, 11) is -4.05. The Morgan fingerprint density at radius 1 is 1.19 bits per heavy atom. The Labute approximate surface area is 208 Å². The zero-order valence-corrected chi connectivity index (χ0v) is 20.4. The smallest absolute Gasteiger partial charge is 0.450 e. The molecule has 2 aromatic carbocycles. The number of hydrogen-bond acceptors (Lipinski definition) is 7. The van der Waals surface area contributed by atoms with Gasteiger partial charge in [-0.2, -0.15) is 4.72 Å². The first kappa shape index (κ1) is 25.5. The number of benzene rings is 2. The molecule has 2 heterocycles. The summed E-state index contributed by atoms with van der Waals surface area (Å²) in [6.45, 7) is 0.736. The average Bonchev–Trinajstić information content (AvgIpc) is 3.39. The number of piperidine rings is 1. The molecular weight excluding hydrogens is 486 g/mol. The topological polar surface area (TPSA) is 154 Å². The van der Waals surface area contributed by atoms with E-state index in [4.69, 9.17) is 9.84 Å². The first-order valence-corrected chi connectivity index (χ1v) is 13.3. The number of aromatic nitrogens is 2. The van der Waals surface area contributed by atoms with E-state index in [1.165, 1.54) is 11.0 Å².